The van der Waals surface area contributed by atoms with Gasteiger partial charge in [0.15, 0.2) is 0 Å². The van der Waals surface area contributed by atoms with E-state index in [9.17, 15) is 0 Å². The first-order valence-corrected chi connectivity index (χ1v) is 4.12. The predicted octanol–water partition coefficient (Wildman–Crippen LogP) is 0.716. The summed E-state index contributed by atoms with van der Waals surface area (Å²) in [5.74, 6) is 0. The molecule has 5 heteroatoms. The maximum atomic E-state index is 4.02. The first-order chi connectivity index (χ1) is 5.31. The number of rotatable bonds is 4. The van der Waals surface area contributed by atoms with Crippen molar-refractivity contribution < 1.29 is 0 Å². The van der Waals surface area contributed by atoms with Crippen molar-refractivity contribution in [3.63, 3.8) is 0 Å². The molecule has 2 N–H and O–H groups in total. The molecule has 0 unspecified atom stereocenters. The van der Waals surface area contributed by atoms with Gasteiger partial charge in [0.05, 0.1) is 6.21 Å². The molecular weight excluding hydrogens is 255 g/mol. The molecule has 11 heavy (non-hydrogen) atoms. The quantitative estimate of drug-likeness (QED) is 0.447. The SMILES string of the molecule is CN=CC(I)=N/C=C\NNC. The zero-order valence-corrected chi connectivity index (χ0v) is 8.66. The number of hydrogen-bond donors (Lipinski definition) is 2. The predicted molar refractivity (Wildman–Crippen MR) is 57.2 cm³/mol. The van der Waals surface area contributed by atoms with Gasteiger partial charge in [-0.15, -0.1) is 0 Å². The second-order valence-electron chi connectivity index (χ2n) is 1.55. The highest BCUT2D eigenvalue weighted by Crippen LogP contribution is 1.87. The van der Waals surface area contributed by atoms with Crippen LogP contribution in [0, 0.1) is 0 Å². The third-order valence-corrected chi connectivity index (χ3v) is 1.29. The van der Waals surface area contributed by atoms with Crippen LogP contribution in [0.3, 0.4) is 0 Å². The first-order valence-electron chi connectivity index (χ1n) is 3.04. The number of aliphatic imine (C=N–C) groups is 2. The molecule has 0 amide bonds. The average Bonchev–Trinajstić information content (AvgIpc) is 1.99. The molecule has 4 nitrogen and oxygen atoms in total. The molecule has 0 bridgehead atoms. The van der Waals surface area contributed by atoms with E-state index in [-0.39, 0.29) is 0 Å². The fraction of sp³-hybridized carbons (Fsp3) is 0.333. The Labute approximate surface area is 80.0 Å². The number of hydrazine groups is 1. The van der Waals surface area contributed by atoms with Crippen molar-refractivity contribution in [3.05, 3.63) is 12.4 Å². The number of nitrogens with one attached hydrogen (secondary N) is 2. The Morgan fingerprint density at radius 2 is 2.27 bits per heavy atom. The second kappa shape index (κ2) is 7.67. The third kappa shape index (κ3) is 7.47. The minimum Gasteiger partial charge on any atom is -0.327 e. The zero-order chi connectivity index (χ0) is 8.53. The van der Waals surface area contributed by atoms with Gasteiger partial charge in [0.2, 0.25) is 0 Å². The molecule has 0 aromatic heterocycles. The Bertz CT molecular complexity index is 173. The van der Waals surface area contributed by atoms with Crippen molar-refractivity contribution in [2.24, 2.45) is 9.98 Å². The Balaban J connectivity index is 3.71. The van der Waals surface area contributed by atoms with Gasteiger partial charge in [-0.05, 0) is 22.6 Å². The van der Waals surface area contributed by atoms with Crippen molar-refractivity contribution in [3.8, 4) is 0 Å². The van der Waals surface area contributed by atoms with Crippen LogP contribution in [-0.4, -0.2) is 24.0 Å². The molecule has 0 aromatic carbocycles. The summed E-state index contributed by atoms with van der Waals surface area (Å²) in [6.45, 7) is 0. The minimum atomic E-state index is 0.847. The van der Waals surface area contributed by atoms with Crippen LogP contribution in [0.1, 0.15) is 0 Å². The van der Waals surface area contributed by atoms with Gasteiger partial charge in [0, 0.05) is 26.5 Å². The van der Waals surface area contributed by atoms with E-state index >= 15 is 0 Å². The molecule has 0 atom stereocenters. The third-order valence-electron chi connectivity index (χ3n) is 0.736. The average molecular weight is 266 g/mol. The molecule has 0 heterocycles. The molecular formula is C6H11IN4. The summed E-state index contributed by atoms with van der Waals surface area (Å²) in [7, 11) is 3.50. The van der Waals surface area contributed by atoms with Crippen LogP contribution >= 0.6 is 22.6 Å². The standard InChI is InChI=1S/C6H11IN4/c1-8-5-6(7)10-3-4-11-9-2/h3-5,9,11H,1-2H3/b4-3-,8-5?,10-6?. The fourth-order valence-corrected chi connectivity index (χ4v) is 0.808. The van der Waals surface area contributed by atoms with E-state index in [1.165, 1.54) is 0 Å². The number of halogens is 1. The van der Waals surface area contributed by atoms with Crippen LogP contribution in [0.25, 0.3) is 0 Å². The normalized spacial score (nSPS) is 13.2. The molecule has 0 saturated heterocycles. The lowest BCUT2D eigenvalue weighted by atomic mass is 10.8. The van der Waals surface area contributed by atoms with Gasteiger partial charge in [-0.2, -0.15) is 0 Å². The summed E-state index contributed by atoms with van der Waals surface area (Å²) in [5, 5.41) is 0. The summed E-state index contributed by atoms with van der Waals surface area (Å²) in [5.41, 5.74) is 5.49. The second-order valence-corrected chi connectivity index (χ2v) is 2.65. The van der Waals surface area contributed by atoms with Crippen LogP contribution in [0.5, 0.6) is 0 Å². The lowest BCUT2D eigenvalue weighted by Crippen LogP contribution is -2.20. The summed E-state index contributed by atoms with van der Waals surface area (Å²) >= 11 is 2.09. The van der Waals surface area contributed by atoms with Crippen LogP contribution < -0.4 is 10.9 Å². The Morgan fingerprint density at radius 1 is 1.55 bits per heavy atom. The van der Waals surface area contributed by atoms with E-state index in [4.69, 9.17) is 0 Å². The van der Waals surface area contributed by atoms with E-state index in [0.717, 1.165) is 3.72 Å². The van der Waals surface area contributed by atoms with Crippen molar-refractivity contribution in [2.75, 3.05) is 14.1 Å². The van der Waals surface area contributed by atoms with Gasteiger partial charge in [0.1, 0.15) is 3.72 Å². The van der Waals surface area contributed by atoms with Crippen LogP contribution in [0.2, 0.25) is 0 Å². The highest BCUT2D eigenvalue weighted by molar-refractivity contribution is 14.1. The van der Waals surface area contributed by atoms with Gasteiger partial charge >= 0.3 is 0 Å². The number of hydrogen-bond acceptors (Lipinski definition) is 4. The van der Waals surface area contributed by atoms with E-state index in [1.807, 2.05) is 0 Å². The summed E-state index contributed by atoms with van der Waals surface area (Å²) in [6, 6.07) is 0. The maximum absolute atomic E-state index is 4.02. The van der Waals surface area contributed by atoms with E-state index in [1.54, 1.807) is 32.7 Å². The van der Waals surface area contributed by atoms with E-state index < -0.39 is 0 Å². The lowest BCUT2D eigenvalue weighted by Gasteiger charge is -1.90. The van der Waals surface area contributed by atoms with Gasteiger partial charge < -0.3 is 5.43 Å². The van der Waals surface area contributed by atoms with Crippen LogP contribution in [0.4, 0.5) is 0 Å². The molecule has 0 aliphatic heterocycles. The van der Waals surface area contributed by atoms with Gasteiger partial charge in [-0.3, -0.25) is 4.99 Å². The summed E-state index contributed by atoms with van der Waals surface area (Å²) in [4.78, 5) is 7.82. The zero-order valence-electron chi connectivity index (χ0n) is 6.50. The van der Waals surface area contributed by atoms with E-state index in [2.05, 4.69) is 43.4 Å². The summed E-state index contributed by atoms with van der Waals surface area (Å²) in [6.07, 6.45) is 5.03. The van der Waals surface area contributed by atoms with Crippen LogP contribution in [0.15, 0.2) is 22.4 Å². The van der Waals surface area contributed by atoms with Crippen LogP contribution in [-0.2, 0) is 0 Å². The Morgan fingerprint density at radius 3 is 2.82 bits per heavy atom. The molecule has 0 aromatic rings. The molecule has 0 saturated carbocycles. The maximum Gasteiger partial charge on any atom is 0.119 e. The highest BCUT2D eigenvalue weighted by atomic mass is 127. The van der Waals surface area contributed by atoms with Gasteiger partial charge in [-0.25, -0.2) is 10.4 Å². The molecule has 0 rings (SSSR count). The Kier molecular flexibility index (Phi) is 7.37. The largest absolute Gasteiger partial charge is 0.327 e. The molecule has 0 aliphatic rings. The monoisotopic (exact) mass is 266 g/mol. The smallest absolute Gasteiger partial charge is 0.119 e. The van der Waals surface area contributed by atoms with Crippen molar-refractivity contribution in [2.45, 2.75) is 0 Å². The van der Waals surface area contributed by atoms with Gasteiger partial charge in [-0.1, -0.05) is 0 Å². The molecule has 0 aliphatic carbocycles. The molecule has 0 fully saturated rings. The van der Waals surface area contributed by atoms with Crippen molar-refractivity contribution >= 4 is 32.5 Å². The topological polar surface area (TPSA) is 48.8 Å². The van der Waals surface area contributed by atoms with Crippen molar-refractivity contribution in [1.29, 1.82) is 0 Å². The van der Waals surface area contributed by atoms with Gasteiger partial charge in [0.25, 0.3) is 0 Å². The lowest BCUT2D eigenvalue weighted by molar-refractivity contribution is 0.729. The van der Waals surface area contributed by atoms with Crippen molar-refractivity contribution in [1.82, 2.24) is 10.9 Å². The highest BCUT2D eigenvalue weighted by Gasteiger charge is 1.79. The first kappa shape index (κ1) is 10.6. The minimum absolute atomic E-state index is 0.847. The van der Waals surface area contributed by atoms with E-state index in [0.29, 0.717) is 0 Å². The Hall–Kier alpha value is -0.430. The summed E-state index contributed by atoms with van der Waals surface area (Å²) < 4.78 is 0.847. The molecule has 62 valence electrons. The number of nitrogens with zero attached hydrogens (tertiary/aromatic N) is 2. The fourth-order valence-electron chi connectivity index (χ4n) is 0.369. The molecule has 0 radical (unpaired) electrons. The molecule has 0 spiro atoms.